The smallest absolute Gasteiger partial charge is 0.416 e. The highest BCUT2D eigenvalue weighted by molar-refractivity contribution is 5.83. The highest BCUT2D eigenvalue weighted by Crippen LogP contribution is 2.29. The Morgan fingerprint density at radius 1 is 1.35 bits per heavy atom. The second-order valence-electron chi connectivity index (χ2n) is 4.97. The number of rotatable bonds is 8. The van der Waals surface area contributed by atoms with Crippen molar-refractivity contribution < 1.29 is 32.6 Å². The van der Waals surface area contributed by atoms with Crippen LogP contribution in [0.3, 0.4) is 0 Å². The van der Waals surface area contributed by atoms with Crippen molar-refractivity contribution in [1.29, 1.82) is 0 Å². The van der Waals surface area contributed by atoms with Crippen LogP contribution in [0.25, 0.3) is 0 Å². The van der Waals surface area contributed by atoms with Crippen molar-refractivity contribution in [2.24, 2.45) is 0 Å². The van der Waals surface area contributed by atoms with Gasteiger partial charge in [-0.15, -0.1) is 0 Å². The molecule has 1 aromatic carbocycles. The summed E-state index contributed by atoms with van der Waals surface area (Å²) in [4.78, 5) is 22.5. The van der Waals surface area contributed by atoms with Crippen molar-refractivity contribution in [2.75, 3.05) is 13.7 Å². The third-order valence-electron chi connectivity index (χ3n) is 3.09. The molecule has 1 unspecified atom stereocenters. The normalized spacial score (nSPS) is 12.7. The van der Waals surface area contributed by atoms with Crippen LogP contribution >= 0.6 is 0 Å². The Balaban J connectivity index is 2.47. The van der Waals surface area contributed by atoms with Crippen LogP contribution in [0.5, 0.6) is 0 Å². The molecule has 0 saturated heterocycles. The Hall–Kier alpha value is -2.09. The molecule has 1 amide bonds. The van der Waals surface area contributed by atoms with Crippen molar-refractivity contribution >= 4 is 11.9 Å². The van der Waals surface area contributed by atoms with Crippen LogP contribution in [0, 0.1) is 0 Å². The molecule has 1 atom stereocenters. The summed E-state index contributed by atoms with van der Waals surface area (Å²) in [7, 11) is 1.32. The topological polar surface area (TPSA) is 75.6 Å². The minimum Gasteiger partial charge on any atom is -0.480 e. The zero-order valence-electron chi connectivity index (χ0n) is 12.5. The number of aryl methyl sites for hydroxylation is 1. The van der Waals surface area contributed by atoms with E-state index in [1.165, 1.54) is 13.2 Å². The number of ether oxygens (including phenoxy) is 1. The molecule has 1 rings (SSSR count). The van der Waals surface area contributed by atoms with E-state index in [4.69, 9.17) is 5.11 Å². The molecular weight excluding hydrogens is 315 g/mol. The third kappa shape index (κ3) is 6.68. The Morgan fingerprint density at radius 2 is 2.04 bits per heavy atom. The van der Waals surface area contributed by atoms with E-state index in [-0.39, 0.29) is 13.0 Å². The molecule has 0 saturated carbocycles. The monoisotopic (exact) mass is 333 g/mol. The number of carbonyl (C=O) groups excluding carboxylic acids is 1. The summed E-state index contributed by atoms with van der Waals surface area (Å²) in [5, 5.41) is 11.2. The van der Waals surface area contributed by atoms with Gasteiger partial charge in [-0.05, 0) is 24.5 Å². The van der Waals surface area contributed by atoms with E-state index in [1.54, 1.807) is 6.07 Å². The molecular formula is C15H18F3NO4. The number of carbonyl (C=O) groups is 2. The number of nitrogens with one attached hydrogen (secondary N) is 1. The lowest BCUT2D eigenvalue weighted by molar-refractivity contribution is -0.143. The SMILES string of the molecule is COCC(NC(=O)CCCc1cccc(C(F)(F)F)c1)C(=O)O. The average Bonchev–Trinajstić information content (AvgIpc) is 2.46. The number of carboxylic acid groups (broad SMARTS) is 1. The Morgan fingerprint density at radius 3 is 2.61 bits per heavy atom. The number of aliphatic carboxylic acids is 1. The van der Waals surface area contributed by atoms with Gasteiger partial charge < -0.3 is 15.2 Å². The summed E-state index contributed by atoms with van der Waals surface area (Å²) in [6, 6.07) is 3.76. The number of hydrogen-bond donors (Lipinski definition) is 2. The van der Waals surface area contributed by atoms with E-state index in [9.17, 15) is 22.8 Å². The number of methoxy groups -OCH3 is 1. The third-order valence-corrected chi connectivity index (χ3v) is 3.09. The first kappa shape index (κ1) is 19.0. The maximum absolute atomic E-state index is 12.6. The van der Waals surface area contributed by atoms with Crippen LogP contribution in [0.2, 0.25) is 0 Å². The van der Waals surface area contributed by atoms with E-state index in [0.717, 1.165) is 12.1 Å². The van der Waals surface area contributed by atoms with Crippen molar-refractivity contribution in [2.45, 2.75) is 31.5 Å². The predicted octanol–water partition coefficient (Wildman–Crippen LogP) is 2.24. The first-order valence-corrected chi connectivity index (χ1v) is 6.91. The quantitative estimate of drug-likeness (QED) is 0.765. The summed E-state index contributed by atoms with van der Waals surface area (Å²) >= 11 is 0. The summed E-state index contributed by atoms with van der Waals surface area (Å²) in [6.45, 7) is -0.158. The van der Waals surface area contributed by atoms with Crippen LogP contribution in [0.4, 0.5) is 13.2 Å². The molecule has 0 aromatic heterocycles. The highest BCUT2D eigenvalue weighted by Gasteiger charge is 2.30. The lowest BCUT2D eigenvalue weighted by Crippen LogP contribution is -2.43. The fourth-order valence-electron chi connectivity index (χ4n) is 1.96. The number of halogens is 3. The van der Waals surface area contributed by atoms with Gasteiger partial charge >= 0.3 is 12.1 Å². The van der Waals surface area contributed by atoms with Gasteiger partial charge in [0.15, 0.2) is 6.04 Å². The van der Waals surface area contributed by atoms with Gasteiger partial charge in [0, 0.05) is 13.5 Å². The standard InChI is InChI=1S/C15H18F3NO4/c1-23-9-12(14(21)22)19-13(20)7-3-5-10-4-2-6-11(8-10)15(16,17)18/h2,4,6,8,12H,3,5,7,9H2,1H3,(H,19,20)(H,21,22). The summed E-state index contributed by atoms with van der Waals surface area (Å²) in [5.41, 5.74) is -0.259. The van der Waals surface area contributed by atoms with Gasteiger partial charge in [-0.1, -0.05) is 18.2 Å². The number of alkyl halides is 3. The van der Waals surface area contributed by atoms with Crippen molar-refractivity contribution in [1.82, 2.24) is 5.32 Å². The maximum Gasteiger partial charge on any atom is 0.416 e. The molecule has 128 valence electrons. The van der Waals surface area contributed by atoms with E-state index in [0.29, 0.717) is 18.4 Å². The molecule has 0 spiro atoms. The van der Waals surface area contributed by atoms with Gasteiger partial charge in [0.05, 0.1) is 12.2 Å². The van der Waals surface area contributed by atoms with E-state index < -0.39 is 29.7 Å². The minimum absolute atomic E-state index is 0.0176. The molecule has 0 bridgehead atoms. The minimum atomic E-state index is -4.40. The fourth-order valence-corrected chi connectivity index (χ4v) is 1.96. The first-order chi connectivity index (χ1) is 10.7. The lowest BCUT2D eigenvalue weighted by Gasteiger charge is -2.13. The summed E-state index contributed by atoms with van der Waals surface area (Å²) in [5.74, 6) is -1.69. The van der Waals surface area contributed by atoms with E-state index in [1.807, 2.05) is 0 Å². The zero-order valence-corrected chi connectivity index (χ0v) is 12.5. The maximum atomic E-state index is 12.6. The fraction of sp³-hybridized carbons (Fsp3) is 0.467. The number of carboxylic acids is 1. The number of hydrogen-bond acceptors (Lipinski definition) is 3. The van der Waals surface area contributed by atoms with Crippen molar-refractivity contribution in [3.63, 3.8) is 0 Å². The predicted molar refractivity (Wildman–Crippen MR) is 75.8 cm³/mol. The second kappa shape index (κ2) is 8.52. The van der Waals surface area contributed by atoms with Gasteiger partial charge in [-0.3, -0.25) is 4.79 Å². The first-order valence-electron chi connectivity index (χ1n) is 6.91. The molecule has 0 aliphatic heterocycles. The molecule has 5 nitrogen and oxygen atoms in total. The van der Waals surface area contributed by atoms with Gasteiger partial charge in [0.25, 0.3) is 0 Å². The molecule has 1 aromatic rings. The molecule has 8 heteroatoms. The van der Waals surface area contributed by atoms with Crippen molar-refractivity contribution in [3.05, 3.63) is 35.4 Å². The molecule has 2 N–H and O–H groups in total. The molecule has 0 heterocycles. The van der Waals surface area contributed by atoms with Gasteiger partial charge in [0.2, 0.25) is 5.91 Å². The molecule has 0 aliphatic rings. The zero-order chi connectivity index (χ0) is 17.5. The van der Waals surface area contributed by atoms with Crippen LogP contribution in [-0.4, -0.2) is 36.7 Å². The summed E-state index contributed by atoms with van der Waals surface area (Å²) < 4.78 is 42.4. The molecule has 0 radical (unpaired) electrons. The van der Waals surface area contributed by atoms with Gasteiger partial charge in [-0.25, -0.2) is 4.79 Å². The van der Waals surface area contributed by atoms with Crippen LogP contribution < -0.4 is 5.32 Å². The molecule has 0 aliphatic carbocycles. The second-order valence-corrected chi connectivity index (χ2v) is 4.97. The van der Waals surface area contributed by atoms with Gasteiger partial charge in [-0.2, -0.15) is 13.2 Å². The average molecular weight is 333 g/mol. The lowest BCUT2D eigenvalue weighted by atomic mass is 10.0. The summed E-state index contributed by atoms with van der Waals surface area (Å²) in [6.07, 6.45) is -3.78. The van der Waals surface area contributed by atoms with Crippen molar-refractivity contribution in [3.8, 4) is 0 Å². The molecule has 23 heavy (non-hydrogen) atoms. The molecule has 0 fully saturated rings. The largest absolute Gasteiger partial charge is 0.480 e. The van der Waals surface area contributed by atoms with E-state index in [2.05, 4.69) is 10.1 Å². The number of amides is 1. The Bertz CT molecular complexity index is 546. The Kier molecular flexibility index (Phi) is 7.02. The van der Waals surface area contributed by atoms with Crippen LogP contribution in [0.1, 0.15) is 24.0 Å². The highest BCUT2D eigenvalue weighted by atomic mass is 19.4. The Labute approximate surface area is 131 Å². The van der Waals surface area contributed by atoms with Crippen LogP contribution in [-0.2, 0) is 26.9 Å². The van der Waals surface area contributed by atoms with E-state index >= 15 is 0 Å². The number of benzene rings is 1. The van der Waals surface area contributed by atoms with Gasteiger partial charge in [0.1, 0.15) is 0 Å². The van der Waals surface area contributed by atoms with Crippen LogP contribution in [0.15, 0.2) is 24.3 Å².